The molecule has 0 aliphatic carbocycles. The number of carbonyl (C=O) groups is 4. The highest BCUT2D eigenvalue weighted by Crippen LogP contribution is 2.33. The number of carbonyl (C=O) groups excluding carboxylic acids is 3. The number of hydrogen-bond acceptors (Lipinski definition) is 5. The minimum Gasteiger partial charge on any atom is -0.480 e. The molecule has 1 fully saturated rings. The first-order chi connectivity index (χ1) is 9.18. The van der Waals surface area contributed by atoms with Crippen molar-refractivity contribution >= 4 is 23.8 Å². The van der Waals surface area contributed by atoms with Gasteiger partial charge in [0.15, 0.2) is 0 Å². The van der Waals surface area contributed by atoms with Crippen molar-refractivity contribution in [2.45, 2.75) is 45.6 Å². The Morgan fingerprint density at radius 3 is 2.20 bits per heavy atom. The predicted molar refractivity (Wildman–Crippen MR) is 67.5 cm³/mol. The van der Waals surface area contributed by atoms with Gasteiger partial charge in [-0.1, -0.05) is 13.8 Å². The molecule has 20 heavy (non-hydrogen) atoms. The first-order valence-electron chi connectivity index (χ1n) is 6.32. The van der Waals surface area contributed by atoms with E-state index >= 15 is 0 Å². The molecular formula is C13H19NO6. The Morgan fingerprint density at radius 1 is 1.30 bits per heavy atom. The fourth-order valence-corrected chi connectivity index (χ4v) is 2.26. The SMILES string of the molecule is COC(=O)CCC(C(=O)O)N1C(=O)CC(C)(C)CC1=O. The summed E-state index contributed by atoms with van der Waals surface area (Å²) in [5, 5.41) is 9.18. The zero-order valence-corrected chi connectivity index (χ0v) is 11.8. The Labute approximate surface area is 116 Å². The zero-order valence-electron chi connectivity index (χ0n) is 11.8. The standard InChI is InChI=1S/C13H19NO6/c1-13(2)6-9(15)14(10(16)7-13)8(12(18)19)4-5-11(17)20-3/h8H,4-7H2,1-3H3,(H,18,19). The number of rotatable bonds is 5. The number of aliphatic carboxylic acids is 1. The molecule has 0 bridgehead atoms. The van der Waals surface area contributed by atoms with Gasteiger partial charge in [-0.15, -0.1) is 0 Å². The van der Waals surface area contributed by atoms with Crippen molar-refractivity contribution < 1.29 is 29.0 Å². The summed E-state index contributed by atoms with van der Waals surface area (Å²) in [6.07, 6.45) is -0.0741. The summed E-state index contributed by atoms with van der Waals surface area (Å²) in [4.78, 5) is 47.1. The molecule has 1 saturated heterocycles. The Hall–Kier alpha value is -1.92. The lowest BCUT2D eigenvalue weighted by atomic mass is 9.81. The van der Waals surface area contributed by atoms with E-state index in [2.05, 4.69) is 4.74 Å². The number of imide groups is 1. The van der Waals surface area contributed by atoms with E-state index in [9.17, 15) is 24.3 Å². The zero-order chi connectivity index (χ0) is 15.5. The number of likely N-dealkylation sites (tertiary alicyclic amines) is 1. The maximum Gasteiger partial charge on any atom is 0.326 e. The molecule has 0 radical (unpaired) electrons. The van der Waals surface area contributed by atoms with Crippen LogP contribution in [-0.4, -0.2) is 46.9 Å². The van der Waals surface area contributed by atoms with Crippen molar-refractivity contribution in [3.8, 4) is 0 Å². The Kier molecular flexibility index (Phi) is 4.86. The third-order valence-corrected chi connectivity index (χ3v) is 3.24. The highest BCUT2D eigenvalue weighted by Gasteiger charge is 2.43. The number of ether oxygens (including phenoxy) is 1. The van der Waals surface area contributed by atoms with Crippen LogP contribution in [0.3, 0.4) is 0 Å². The third kappa shape index (κ3) is 3.79. The second kappa shape index (κ2) is 6.02. The van der Waals surface area contributed by atoms with Crippen LogP contribution < -0.4 is 0 Å². The number of nitrogens with zero attached hydrogens (tertiary/aromatic N) is 1. The lowest BCUT2D eigenvalue weighted by Gasteiger charge is -2.37. The largest absolute Gasteiger partial charge is 0.480 e. The lowest BCUT2D eigenvalue weighted by molar-refractivity contribution is -0.164. The number of amides is 2. The topological polar surface area (TPSA) is 101 Å². The highest BCUT2D eigenvalue weighted by atomic mass is 16.5. The van der Waals surface area contributed by atoms with Crippen LogP contribution in [0.1, 0.15) is 39.5 Å². The minimum atomic E-state index is -1.31. The normalized spacial score (nSPS) is 19.6. The summed E-state index contributed by atoms with van der Waals surface area (Å²) < 4.78 is 4.43. The molecule has 1 aliphatic heterocycles. The third-order valence-electron chi connectivity index (χ3n) is 3.24. The molecule has 7 heteroatoms. The quantitative estimate of drug-likeness (QED) is 0.585. The summed E-state index contributed by atoms with van der Waals surface area (Å²) >= 11 is 0. The van der Waals surface area contributed by atoms with Gasteiger partial charge in [-0.05, 0) is 11.8 Å². The molecule has 1 rings (SSSR count). The fraction of sp³-hybridized carbons (Fsp3) is 0.692. The van der Waals surface area contributed by atoms with E-state index in [1.807, 2.05) is 0 Å². The van der Waals surface area contributed by atoms with E-state index in [1.165, 1.54) is 7.11 Å². The highest BCUT2D eigenvalue weighted by molar-refractivity contribution is 6.01. The molecule has 0 aromatic rings. The average Bonchev–Trinajstić information content (AvgIpc) is 2.29. The van der Waals surface area contributed by atoms with Crippen LogP contribution in [-0.2, 0) is 23.9 Å². The van der Waals surface area contributed by atoms with E-state index in [1.54, 1.807) is 13.8 Å². The summed E-state index contributed by atoms with van der Waals surface area (Å²) in [6.45, 7) is 3.56. The van der Waals surface area contributed by atoms with Gasteiger partial charge in [-0.3, -0.25) is 19.3 Å². The molecule has 1 N–H and O–H groups in total. The Morgan fingerprint density at radius 2 is 1.80 bits per heavy atom. The van der Waals surface area contributed by atoms with Crippen molar-refractivity contribution in [1.82, 2.24) is 4.90 Å². The van der Waals surface area contributed by atoms with Gasteiger partial charge < -0.3 is 9.84 Å². The van der Waals surface area contributed by atoms with Crippen molar-refractivity contribution in [1.29, 1.82) is 0 Å². The van der Waals surface area contributed by atoms with Gasteiger partial charge in [-0.2, -0.15) is 0 Å². The van der Waals surface area contributed by atoms with Gasteiger partial charge in [0.25, 0.3) is 0 Å². The Balaban J connectivity index is 2.86. The molecular weight excluding hydrogens is 266 g/mol. The summed E-state index contributed by atoms with van der Waals surface area (Å²) in [6, 6.07) is -1.31. The van der Waals surface area contributed by atoms with Crippen molar-refractivity contribution in [2.24, 2.45) is 5.41 Å². The maximum atomic E-state index is 12.0. The molecule has 1 heterocycles. The summed E-state index contributed by atoms with van der Waals surface area (Å²) in [5.74, 6) is -2.89. The number of methoxy groups -OCH3 is 1. The van der Waals surface area contributed by atoms with E-state index in [-0.39, 0.29) is 25.7 Å². The first kappa shape index (κ1) is 16.1. The van der Waals surface area contributed by atoms with E-state index in [4.69, 9.17) is 0 Å². The second-order valence-electron chi connectivity index (χ2n) is 5.64. The molecule has 0 aromatic carbocycles. The van der Waals surface area contributed by atoms with Gasteiger partial charge in [-0.25, -0.2) is 4.79 Å². The van der Waals surface area contributed by atoms with Crippen LogP contribution in [0.2, 0.25) is 0 Å². The summed E-state index contributed by atoms with van der Waals surface area (Å²) in [5.41, 5.74) is -0.462. The monoisotopic (exact) mass is 285 g/mol. The maximum absolute atomic E-state index is 12.0. The predicted octanol–water partition coefficient (Wildman–Crippen LogP) is 0.568. The molecule has 1 atom stereocenters. The van der Waals surface area contributed by atoms with Gasteiger partial charge in [0.1, 0.15) is 6.04 Å². The minimum absolute atomic E-state index is 0.112. The van der Waals surface area contributed by atoms with E-state index in [0.717, 1.165) is 4.90 Å². The number of carboxylic acid groups (broad SMARTS) is 1. The van der Waals surface area contributed by atoms with Crippen LogP contribution in [0.15, 0.2) is 0 Å². The van der Waals surface area contributed by atoms with Gasteiger partial charge in [0.05, 0.1) is 7.11 Å². The molecule has 1 unspecified atom stereocenters. The first-order valence-corrected chi connectivity index (χ1v) is 6.32. The molecule has 0 spiro atoms. The second-order valence-corrected chi connectivity index (χ2v) is 5.64. The van der Waals surface area contributed by atoms with Gasteiger partial charge in [0, 0.05) is 19.3 Å². The van der Waals surface area contributed by atoms with Crippen LogP contribution in [0.4, 0.5) is 0 Å². The van der Waals surface area contributed by atoms with Crippen LogP contribution in [0.5, 0.6) is 0 Å². The molecule has 0 aromatic heterocycles. The lowest BCUT2D eigenvalue weighted by Crippen LogP contribution is -2.54. The molecule has 7 nitrogen and oxygen atoms in total. The Bertz CT molecular complexity index is 422. The molecule has 112 valence electrons. The smallest absolute Gasteiger partial charge is 0.326 e. The van der Waals surface area contributed by atoms with Crippen LogP contribution in [0.25, 0.3) is 0 Å². The molecule has 1 aliphatic rings. The van der Waals surface area contributed by atoms with Gasteiger partial charge >= 0.3 is 11.9 Å². The van der Waals surface area contributed by atoms with E-state index < -0.39 is 35.2 Å². The van der Waals surface area contributed by atoms with E-state index in [0.29, 0.717) is 0 Å². The summed E-state index contributed by atoms with van der Waals surface area (Å²) in [7, 11) is 1.19. The number of hydrogen-bond donors (Lipinski definition) is 1. The number of carboxylic acids is 1. The number of esters is 1. The van der Waals surface area contributed by atoms with Gasteiger partial charge in [0.2, 0.25) is 11.8 Å². The van der Waals surface area contributed by atoms with Crippen molar-refractivity contribution in [2.75, 3.05) is 7.11 Å². The average molecular weight is 285 g/mol. The molecule has 0 saturated carbocycles. The van der Waals surface area contributed by atoms with Crippen molar-refractivity contribution in [3.63, 3.8) is 0 Å². The number of piperidine rings is 1. The van der Waals surface area contributed by atoms with Crippen LogP contribution >= 0.6 is 0 Å². The van der Waals surface area contributed by atoms with Crippen molar-refractivity contribution in [3.05, 3.63) is 0 Å². The molecule has 2 amide bonds. The fourth-order valence-electron chi connectivity index (χ4n) is 2.26. The van der Waals surface area contributed by atoms with Crippen LogP contribution in [0, 0.1) is 5.41 Å².